The average Bonchev–Trinajstić information content (AvgIpc) is 2.23. The SMILES string of the molecule is CC(O)CCCNc1ncccc1S(C)(=O)=O. The van der Waals surface area contributed by atoms with E-state index in [4.69, 9.17) is 5.11 Å². The zero-order chi connectivity index (χ0) is 12.9. The predicted molar refractivity (Wildman–Crippen MR) is 66.8 cm³/mol. The molecule has 1 rings (SSSR count). The largest absolute Gasteiger partial charge is 0.393 e. The van der Waals surface area contributed by atoms with Gasteiger partial charge in [0.25, 0.3) is 0 Å². The van der Waals surface area contributed by atoms with Gasteiger partial charge in [-0.25, -0.2) is 13.4 Å². The highest BCUT2D eigenvalue weighted by atomic mass is 32.2. The topological polar surface area (TPSA) is 79.3 Å². The van der Waals surface area contributed by atoms with Crippen LogP contribution in [-0.2, 0) is 9.84 Å². The van der Waals surface area contributed by atoms with Crippen molar-refractivity contribution in [3.8, 4) is 0 Å². The van der Waals surface area contributed by atoms with Gasteiger partial charge in [-0.05, 0) is 31.9 Å². The maximum Gasteiger partial charge on any atom is 0.179 e. The molecule has 1 aromatic heterocycles. The van der Waals surface area contributed by atoms with Crippen LogP contribution in [0.15, 0.2) is 23.2 Å². The van der Waals surface area contributed by atoms with Crippen molar-refractivity contribution in [2.45, 2.75) is 30.8 Å². The number of nitrogens with one attached hydrogen (secondary N) is 1. The molecule has 0 saturated carbocycles. The summed E-state index contributed by atoms with van der Waals surface area (Å²) in [6.07, 6.45) is 3.80. The van der Waals surface area contributed by atoms with Crippen molar-refractivity contribution in [3.05, 3.63) is 18.3 Å². The molecule has 0 aromatic carbocycles. The fraction of sp³-hybridized carbons (Fsp3) is 0.545. The minimum Gasteiger partial charge on any atom is -0.393 e. The number of hydrogen-bond acceptors (Lipinski definition) is 5. The normalized spacial score (nSPS) is 13.4. The van der Waals surface area contributed by atoms with Gasteiger partial charge in [-0.3, -0.25) is 0 Å². The molecular formula is C11H18N2O3S. The Hall–Kier alpha value is -1.14. The zero-order valence-corrected chi connectivity index (χ0v) is 10.9. The van der Waals surface area contributed by atoms with Gasteiger partial charge in [0.15, 0.2) is 9.84 Å². The van der Waals surface area contributed by atoms with Gasteiger partial charge in [0.2, 0.25) is 0 Å². The molecule has 0 aliphatic heterocycles. The third-order valence-electron chi connectivity index (χ3n) is 2.26. The van der Waals surface area contributed by atoms with Crippen molar-refractivity contribution in [3.63, 3.8) is 0 Å². The molecule has 1 unspecified atom stereocenters. The van der Waals surface area contributed by atoms with Gasteiger partial charge in [0.05, 0.1) is 6.10 Å². The second-order valence-electron chi connectivity index (χ2n) is 4.04. The van der Waals surface area contributed by atoms with E-state index in [2.05, 4.69) is 10.3 Å². The van der Waals surface area contributed by atoms with E-state index < -0.39 is 9.84 Å². The quantitative estimate of drug-likeness (QED) is 0.746. The lowest BCUT2D eigenvalue weighted by molar-refractivity contribution is 0.183. The highest BCUT2D eigenvalue weighted by Crippen LogP contribution is 2.17. The van der Waals surface area contributed by atoms with Crippen LogP contribution in [0.1, 0.15) is 19.8 Å². The predicted octanol–water partition coefficient (Wildman–Crippen LogP) is 1.06. The van der Waals surface area contributed by atoms with Crippen LogP contribution in [-0.4, -0.2) is 37.4 Å². The lowest BCUT2D eigenvalue weighted by Crippen LogP contribution is -2.10. The van der Waals surface area contributed by atoms with Crippen LogP contribution in [0.3, 0.4) is 0 Å². The van der Waals surface area contributed by atoms with Crippen LogP contribution in [0, 0.1) is 0 Å². The Labute approximate surface area is 102 Å². The highest BCUT2D eigenvalue weighted by molar-refractivity contribution is 7.90. The van der Waals surface area contributed by atoms with Crippen LogP contribution in [0.2, 0.25) is 0 Å². The van der Waals surface area contributed by atoms with Crippen LogP contribution >= 0.6 is 0 Å². The minimum absolute atomic E-state index is 0.206. The van der Waals surface area contributed by atoms with Crippen molar-refractivity contribution in [2.75, 3.05) is 18.1 Å². The molecule has 1 heterocycles. The zero-order valence-electron chi connectivity index (χ0n) is 10.0. The Bertz CT molecular complexity index is 458. The van der Waals surface area contributed by atoms with Gasteiger partial charge >= 0.3 is 0 Å². The molecule has 0 fully saturated rings. The summed E-state index contributed by atoms with van der Waals surface area (Å²) < 4.78 is 22.9. The van der Waals surface area contributed by atoms with Gasteiger partial charge in [-0.15, -0.1) is 0 Å². The van der Waals surface area contributed by atoms with Gasteiger partial charge in [-0.1, -0.05) is 0 Å². The molecule has 6 heteroatoms. The van der Waals surface area contributed by atoms with Crippen molar-refractivity contribution < 1.29 is 13.5 Å². The molecule has 0 amide bonds. The smallest absolute Gasteiger partial charge is 0.179 e. The van der Waals surface area contributed by atoms with E-state index in [1.165, 1.54) is 6.07 Å². The average molecular weight is 258 g/mol. The summed E-state index contributed by atoms with van der Waals surface area (Å²) in [5.74, 6) is 0.376. The second-order valence-corrected chi connectivity index (χ2v) is 6.02. The summed E-state index contributed by atoms with van der Waals surface area (Å²) in [7, 11) is -3.26. The number of aromatic nitrogens is 1. The summed E-state index contributed by atoms with van der Waals surface area (Å²) >= 11 is 0. The third-order valence-corrected chi connectivity index (χ3v) is 3.39. The summed E-state index contributed by atoms with van der Waals surface area (Å²) in [4.78, 5) is 4.21. The molecule has 0 aliphatic rings. The number of aliphatic hydroxyl groups is 1. The maximum atomic E-state index is 11.5. The molecule has 5 nitrogen and oxygen atoms in total. The van der Waals surface area contributed by atoms with Crippen LogP contribution in [0.25, 0.3) is 0 Å². The fourth-order valence-corrected chi connectivity index (χ4v) is 2.23. The van der Waals surface area contributed by atoms with E-state index in [-0.39, 0.29) is 11.0 Å². The number of rotatable bonds is 6. The molecule has 0 spiro atoms. The van der Waals surface area contributed by atoms with E-state index in [0.717, 1.165) is 12.7 Å². The second kappa shape index (κ2) is 5.97. The van der Waals surface area contributed by atoms with Crippen molar-refractivity contribution in [1.29, 1.82) is 0 Å². The maximum absolute atomic E-state index is 11.5. The summed E-state index contributed by atoms with van der Waals surface area (Å²) in [5.41, 5.74) is 0. The number of hydrogen-bond donors (Lipinski definition) is 2. The summed E-state index contributed by atoms with van der Waals surface area (Å²) in [6, 6.07) is 3.12. The Morgan fingerprint density at radius 3 is 2.82 bits per heavy atom. The van der Waals surface area contributed by atoms with E-state index in [1.54, 1.807) is 19.2 Å². The first kappa shape index (κ1) is 13.9. The highest BCUT2D eigenvalue weighted by Gasteiger charge is 2.13. The van der Waals surface area contributed by atoms with Gasteiger partial charge in [-0.2, -0.15) is 0 Å². The molecule has 0 aliphatic carbocycles. The molecule has 96 valence electrons. The molecule has 1 aromatic rings. The molecular weight excluding hydrogens is 240 g/mol. The van der Waals surface area contributed by atoms with Crippen molar-refractivity contribution in [2.24, 2.45) is 0 Å². The molecule has 0 bridgehead atoms. The Balaban J connectivity index is 2.65. The number of nitrogens with zero attached hydrogens (tertiary/aromatic N) is 1. The van der Waals surface area contributed by atoms with Crippen LogP contribution < -0.4 is 5.32 Å². The Morgan fingerprint density at radius 1 is 1.53 bits per heavy atom. The lowest BCUT2D eigenvalue weighted by atomic mass is 10.2. The van der Waals surface area contributed by atoms with Gasteiger partial charge < -0.3 is 10.4 Å². The lowest BCUT2D eigenvalue weighted by Gasteiger charge is -2.09. The number of sulfone groups is 1. The fourth-order valence-electron chi connectivity index (χ4n) is 1.43. The van der Waals surface area contributed by atoms with E-state index >= 15 is 0 Å². The number of pyridine rings is 1. The van der Waals surface area contributed by atoms with Gasteiger partial charge in [0, 0.05) is 19.0 Å². The molecule has 17 heavy (non-hydrogen) atoms. The first-order valence-electron chi connectivity index (χ1n) is 5.48. The van der Waals surface area contributed by atoms with Crippen LogP contribution in [0.4, 0.5) is 5.82 Å². The molecule has 0 saturated heterocycles. The number of aliphatic hydroxyl groups excluding tert-OH is 1. The summed E-state index contributed by atoms with van der Waals surface area (Å²) in [6.45, 7) is 2.31. The summed E-state index contributed by atoms with van der Waals surface area (Å²) in [5, 5.41) is 12.1. The Morgan fingerprint density at radius 2 is 2.24 bits per heavy atom. The molecule has 1 atom stereocenters. The first-order valence-corrected chi connectivity index (χ1v) is 7.37. The monoisotopic (exact) mass is 258 g/mol. The van der Waals surface area contributed by atoms with Gasteiger partial charge in [0.1, 0.15) is 10.7 Å². The first-order chi connectivity index (χ1) is 7.91. The van der Waals surface area contributed by atoms with E-state index in [9.17, 15) is 8.42 Å². The van der Waals surface area contributed by atoms with E-state index in [1.807, 2.05) is 0 Å². The van der Waals surface area contributed by atoms with Crippen molar-refractivity contribution in [1.82, 2.24) is 4.98 Å². The van der Waals surface area contributed by atoms with E-state index in [0.29, 0.717) is 18.8 Å². The minimum atomic E-state index is -3.26. The van der Waals surface area contributed by atoms with Crippen LogP contribution in [0.5, 0.6) is 0 Å². The standard InChI is InChI=1S/C11H18N2O3S/c1-9(14)5-3-7-12-11-10(17(2,15)16)6-4-8-13-11/h4,6,8-9,14H,3,5,7H2,1-2H3,(H,12,13). The molecule has 2 N–H and O–H groups in total. The third kappa shape index (κ3) is 4.70. The van der Waals surface area contributed by atoms with Crippen molar-refractivity contribution >= 4 is 15.7 Å². The Kier molecular flexibility index (Phi) is 4.89. The molecule has 0 radical (unpaired) electrons. The number of anilines is 1.